The number of ketones is 1. The fourth-order valence-electron chi connectivity index (χ4n) is 5.26. The van der Waals surface area contributed by atoms with E-state index in [1.165, 1.54) is 0 Å². The van der Waals surface area contributed by atoms with Crippen LogP contribution < -0.4 is 10.1 Å². The summed E-state index contributed by atoms with van der Waals surface area (Å²) in [6, 6.07) is 13.0. The van der Waals surface area contributed by atoms with Crippen LogP contribution in [0.15, 0.2) is 42.5 Å². The zero-order valence-corrected chi connectivity index (χ0v) is 25.3. The standard InChI is InChI=1S/C32H41NO6S2/c1-38-32-30(37)14-10-23-8-12-24(35)18-26(39-21-33-15-3-4-16-34)6-2-5-17-40-41-20-29-27(31(23)32)13-9-22-7-11-25(36)19-28(22)29/h7,9-11,13-14,19,26,33-34,36-37H,2-6,8,12,15-18,20-21H2,1H3. The highest BCUT2D eigenvalue weighted by Crippen LogP contribution is 2.45. The van der Waals surface area contributed by atoms with Crippen LogP contribution in [-0.4, -0.2) is 60.0 Å². The number of rotatable bonds is 8. The molecule has 41 heavy (non-hydrogen) atoms. The van der Waals surface area contributed by atoms with Crippen molar-refractivity contribution in [1.82, 2.24) is 5.32 Å². The lowest BCUT2D eigenvalue weighted by Crippen LogP contribution is -2.26. The van der Waals surface area contributed by atoms with E-state index in [-0.39, 0.29) is 30.0 Å². The highest BCUT2D eigenvalue weighted by Gasteiger charge is 2.22. The molecule has 4 N–H and O–H groups in total. The number of unbranched alkanes of at least 4 members (excludes halogenated alkanes) is 1. The molecule has 3 aromatic carbocycles. The van der Waals surface area contributed by atoms with E-state index in [0.717, 1.165) is 77.4 Å². The second kappa shape index (κ2) is 16.3. The Hall–Kier alpha value is -2.43. The lowest BCUT2D eigenvalue weighted by atomic mass is 9.89. The number of benzene rings is 3. The van der Waals surface area contributed by atoms with Crippen molar-refractivity contribution in [3.8, 4) is 28.4 Å². The molecule has 9 heteroatoms. The van der Waals surface area contributed by atoms with Gasteiger partial charge in [-0.25, -0.2) is 0 Å². The van der Waals surface area contributed by atoms with Crippen LogP contribution in [-0.2, 0) is 21.7 Å². The van der Waals surface area contributed by atoms with Gasteiger partial charge in [-0.05, 0) is 84.3 Å². The zero-order chi connectivity index (χ0) is 29.0. The third-order valence-corrected chi connectivity index (χ3v) is 9.80. The number of ether oxygens (including phenoxy) is 2. The first-order valence-corrected chi connectivity index (χ1v) is 16.8. The molecular weight excluding hydrogens is 558 g/mol. The van der Waals surface area contributed by atoms with Gasteiger partial charge in [-0.3, -0.25) is 10.1 Å². The van der Waals surface area contributed by atoms with Crippen molar-refractivity contribution >= 4 is 38.1 Å². The van der Waals surface area contributed by atoms with Gasteiger partial charge in [-0.2, -0.15) is 0 Å². The van der Waals surface area contributed by atoms with Crippen LogP contribution in [0.5, 0.6) is 17.2 Å². The number of aliphatic hydroxyl groups excluding tert-OH is 1. The SMILES string of the molecule is COc1c(O)ccc2c1-c1ccc3ccc(O)cc3c1CSSCCCCC(OCNCCCCO)CC(=O)CC2. The molecule has 0 aliphatic carbocycles. The minimum absolute atomic E-state index is 0.0518. The van der Waals surface area contributed by atoms with Crippen molar-refractivity contribution in [2.75, 3.05) is 32.7 Å². The lowest BCUT2D eigenvalue weighted by molar-refractivity contribution is -0.122. The summed E-state index contributed by atoms with van der Waals surface area (Å²) in [6.45, 7) is 1.36. The molecule has 222 valence electrons. The number of phenols is 2. The molecule has 4 rings (SSSR count). The predicted octanol–water partition coefficient (Wildman–Crippen LogP) is 6.59. The Bertz CT molecular complexity index is 1300. The number of hydrogen-bond acceptors (Lipinski definition) is 9. The number of hydrogen-bond donors (Lipinski definition) is 4. The van der Waals surface area contributed by atoms with Crippen molar-refractivity contribution in [3.05, 3.63) is 53.6 Å². The summed E-state index contributed by atoms with van der Waals surface area (Å²) in [6.07, 6.45) is 5.61. The van der Waals surface area contributed by atoms with E-state index in [1.54, 1.807) is 36.1 Å². The number of carbonyl (C=O) groups excluding carboxylic acids is 1. The van der Waals surface area contributed by atoms with E-state index in [1.807, 2.05) is 29.0 Å². The average Bonchev–Trinajstić information content (AvgIpc) is 2.96. The van der Waals surface area contributed by atoms with Crippen LogP contribution in [0.25, 0.3) is 21.9 Å². The second-order valence-electron chi connectivity index (χ2n) is 10.3. The zero-order valence-electron chi connectivity index (χ0n) is 23.7. The molecule has 0 amide bonds. The minimum Gasteiger partial charge on any atom is -0.508 e. The molecule has 3 aromatic rings. The van der Waals surface area contributed by atoms with Crippen LogP contribution in [0, 0.1) is 0 Å². The van der Waals surface area contributed by atoms with Crippen LogP contribution in [0.3, 0.4) is 0 Å². The maximum atomic E-state index is 13.2. The third kappa shape index (κ3) is 8.78. The number of aliphatic hydroxyl groups is 1. The first kappa shape index (κ1) is 31.5. The number of aromatic hydroxyl groups is 2. The van der Waals surface area contributed by atoms with Gasteiger partial charge in [0.2, 0.25) is 0 Å². The van der Waals surface area contributed by atoms with Gasteiger partial charge in [0.25, 0.3) is 0 Å². The van der Waals surface area contributed by atoms with E-state index >= 15 is 0 Å². The van der Waals surface area contributed by atoms with Gasteiger partial charge < -0.3 is 24.8 Å². The maximum absolute atomic E-state index is 13.2. The summed E-state index contributed by atoms with van der Waals surface area (Å²) in [5, 5.41) is 35.3. The largest absolute Gasteiger partial charge is 0.508 e. The number of phenolic OH excluding ortho intramolecular Hbond substituents is 2. The number of fused-ring (bicyclic) bond motifs is 5. The summed E-state index contributed by atoms with van der Waals surface area (Å²) in [4.78, 5) is 13.2. The van der Waals surface area contributed by atoms with Crippen LogP contribution in [0.1, 0.15) is 56.1 Å². The lowest BCUT2D eigenvalue weighted by Gasteiger charge is -2.21. The Labute approximate surface area is 250 Å². The molecular formula is C32H41NO6S2. The average molecular weight is 600 g/mol. The summed E-state index contributed by atoms with van der Waals surface area (Å²) in [5.41, 5.74) is 3.73. The first-order chi connectivity index (χ1) is 20.0. The molecule has 0 saturated carbocycles. The maximum Gasteiger partial charge on any atom is 0.168 e. The molecule has 1 unspecified atom stereocenters. The van der Waals surface area contributed by atoms with Crippen LogP contribution in [0.2, 0.25) is 0 Å². The molecule has 1 atom stereocenters. The van der Waals surface area contributed by atoms with Crippen LogP contribution >= 0.6 is 21.6 Å². The Kier molecular flexibility index (Phi) is 12.5. The number of nitrogens with one attached hydrogen (secondary N) is 1. The fourth-order valence-corrected chi connectivity index (χ4v) is 7.52. The second-order valence-corrected chi connectivity index (χ2v) is 12.9. The smallest absolute Gasteiger partial charge is 0.168 e. The fraction of sp³-hybridized carbons (Fsp3) is 0.469. The topological polar surface area (TPSA) is 108 Å². The minimum atomic E-state index is -0.132. The number of Topliss-reactive ketones (excluding diaryl/α,β-unsaturated/α-hetero) is 1. The third-order valence-electron chi connectivity index (χ3n) is 7.41. The number of methoxy groups -OCH3 is 1. The van der Waals surface area contributed by atoms with Gasteiger partial charge >= 0.3 is 0 Å². The summed E-state index contributed by atoms with van der Waals surface area (Å²) in [7, 11) is 5.16. The molecule has 0 aromatic heterocycles. The summed E-state index contributed by atoms with van der Waals surface area (Å²) < 4.78 is 11.8. The molecule has 1 aliphatic heterocycles. The Morgan fingerprint density at radius 3 is 2.71 bits per heavy atom. The van der Waals surface area contributed by atoms with Gasteiger partial charge in [-0.15, -0.1) is 0 Å². The van der Waals surface area contributed by atoms with E-state index in [0.29, 0.717) is 37.5 Å². The van der Waals surface area contributed by atoms with Gasteiger partial charge in [0.05, 0.1) is 19.9 Å². The molecule has 7 nitrogen and oxygen atoms in total. The number of aryl methyl sites for hydroxylation is 1. The Balaban J connectivity index is 1.63. The predicted molar refractivity (Wildman–Crippen MR) is 169 cm³/mol. The molecule has 0 saturated heterocycles. The van der Waals surface area contributed by atoms with Gasteiger partial charge in [-0.1, -0.05) is 52.3 Å². The van der Waals surface area contributed by atoms with Crippen molar-refractivity contribution in [2.45, 2.75) is 63.2 Å². The van der Waals surface area contributed by atoms with E-state index in [2.05, 4.69) is 11.4 Å². The molecule has 0 bridgehead atoms. The van der Waals surface area contributed by atoms with Gasteiger partial charge in [0.15, 0.2) is 11.5 Å². The number of carbonyl (C=O) groups is 1. The van der Waals surface area contributed by atoms with Crippen molar-refractivity contribution in [2.24, 2.45) is 0 Å². The summed E-state index contributed by atoms with van der Waals surface area (Å²) >= 11 is 0. The van der Waals surface area contributed by atoms with Gasteiger partial charge in [0, 0.05) is 36.5 Å². The molecule has 0 radical (unpaired) electrons. The first-order valence-electron chi connectivity index (χ1n) is 14.3. The highest BCUT2D eigenvalue weighted by atomic mass is 33.1. The van der Waals surface area contributed by atoms with Crippen molar-refractivity contribution < 1.29 is 29.6 Å². The molecule has 1 aliphatic rings. The van der Waals surface area contributed by atoms with Crippen molar-refractivity contribution in [1.29, 1.82) is 0 Å². The molecule has 0 spiro atoms. The van der Waals surface area contributed by atoms with Crippen LogP contribution in [0.4, 0.5) is 0 Å². The Morgan fingerprint density at radius 2 is 1.88 bits per heavy atom. The quantitative estimate of drug-likeness (QED) is 0.130. The van der Waals surface area contributed by atoms with E-state index in [9.17, 15) is 15.0 Å². The van der Waals surface area contributed by atoms with Crippen molar-refractivity contribution in [3.63, 3.8) is 0 Å². The molecule has 1 heterocycles. The summed E-state index contributed by atoms with van der Waals surface area (Å²) in [5.74, 6) is 2.50. The molecule has 0 fully saturated rings. The normalized spacial score (nSPS) is 17.2. The Morgan fingerprint density at radius 1 is 1.02 bits per heavy atom. The van der Waals surface area contributed by atoms with E-state index < -0.39 is 0 Å². The monoisotopic (exact) mass is 599 g/mol. The van der Waals surface area contributed by atoms with E-state index in [4.69, 9.17) is 14.6 Å². The highest BCUT2D eigenvalue weighted by molar-refractivity contribution is 8.76. The van der Waals surface area contributed by atoms with Gasteiger partial charge in [0.1, 0.15) is 11.5 Å².